The van der Waals surface area contributed by atoms with E-state index in [-0.39, 0.29) is 5.91 Å². The fourth-order valence-electron chi connectivity index (χ4n) is 3.00. The second kappa shape index (κ2) is 6.57. The van der Waals surface area contributed by atoms with Crippen molar-refractivity contribution in [1.82, 2.24) is 4.57 Å². The van der Waals surface area contributed by atoms with Crippen molar-refractivity contribution in [3.63, 3.8) is 0 Å². The van der Waals surface area contributed by atoms with Gasteiger partial charge in [0.1, 0.15) is 5.69 Å². The standard InChI is InChI=1S/C21H18N2OS/c1-15-7-5-6-10-17(15)22-21(24)19-13-20-18(11-12-25-20)23(19)14-16-8-3-2-4-9-16/h2-13H,14H2,1H3,(H,22,24). The van der Waals surface area contributed by atoms with Gasteiger partial charge in [-0.15, -0.1) is 11.3 Å². The number of thiophene rings is 1. The maximum atomic E-state index is 12.9. The van der Waals surface area contributed by atoms with Gasteiger partial charge in [0.15, 0.2) is 0 Å². The maximum Gasteiger partial charge on any atom is 0.272 e. The molecule has 4 heteroatoms. The number of carbonyl (C=O) groups is 1. The van der Waals surface area contributed by atoms with Crippen LogP contribution in [0.25, 0.3) is 10.2 Å². The highest BCUT2D eigenvalue weighted by Crippen LogP contribution is 2.27. The molecule has 2 aromatic heterocycles. The van der Waals surface area contributed by atoms with Crippen LogP contribution in [0, 0.1) is 6.92 Å². The molecule has 25 heavy (non-hydrogen) atoms. The summed E-state index contributed by atoms with van der Waals surface area (Å²) in [4.78, 5) is 12.9. The number of rotatable bonds is 4. The average molecular weight is 346 g/mol. The van der Waals surface area contributed by atoms with Crippen molar-refractivity contribution in [2.45, 2.75) is 13.5 Å². The molecule has 0 aliphatic heterocycles. The third-order valence-electron chi connectivity index (χ3n) is 4.33. The van der Waals surface area contributed by atoms with E-state index in [9.17, 15) is 4.79 Å². The number of aryl methyl sites for hydroxylation is 1. The molecule has 4 rings (SSSR count). The molecule has 0 spiro atoms. The summed E-state index contributed by atoms with van der Waals surface area (Å²) in [5.41, 5.74) is 4.87. The quantitative estimate of drug-likeness (QED) is 0.534. The predicted octanol–water partition coefficient (Wildman–Crippen LogP) is 5.31. The first-order valence-corrected chi connectivity index (χ1v) is 9.08. The van der Waals surface area contributed by atoms with Crippen LogP contribution in [0.15, 0.2) is 72.1 Å². The van der Waals surface area contributed by atoms with Gasteiger partial charge >= 0.3 is 0 Å². The van der Waals surface area contributed by atoms with Gasteiger partial charge in [-0.3, -0.25) is 4.79 Å². The van der Waals surface area contributed by atoms with Crippen LogP contribution in [0.3, 0.4) is 0 Å². The number of aromatic nitrogens is 1. The lowest BCUT2D eigenvalue weighted by atomic mass is 10.2. The number of fused-ring (bicyclic) bond motifs is 1. The lowest BCUT2D eigenvalue weighted by molar-refractivity contribution is 0.101. The van der Waals surface area contributed by atoms with Gasteiger partial charge in [0.25, 0.3) is 5.91 Å². The molecule has 0 aliphatic carbocycles. The summed E-state index contributed by atoms with van der Waals surface area (Å²) in [6.07, 6.45) is 0. The lowest BCUT2D eigenvalue weighted by Crippen LogP contribution is -2.18. The second-order valence-electron chi connectivity index (χ2n) is 6.04. The number of para-hydroxylation sites is 1. The van der Waals surface area contributed by atoms with E-state index in [1.165, 1.54) is 5.56 Å². The van der Waals surface area contributed by atoms with Gasteiger partial charge in [0.2, 0.25) is 0 Å². The number of nitrogens with zero attached hydrogens (tertiary/aromatic N) is 1. The minimum atomic E-state index is -0.0753. The molecule has 0 unspecified atom stereocenters. The first-order valence-electron chi connectivity index (χ1n) is 8.20. The number of carbonyl (C=O) groups excluding carboxylic acids is 1. The number of nitrogens with one attached hydrogen (secondary N) is 1. The third kappa shape index (κ3) is 3.08. The molecule has 2 heterocycles. The van der Waals surface area contributed by atoms with Crippen LogP contribution in [0.4, 0.5) is 5.69 Å². The molecule has 4 aromatic rings. The molecule has 0 saturated carbocycles. The van der Waals surface area contributed by atoms with Crippen molar-refractivity contribution >= 4 is 33.1 Å². The predicted molar refractivity (Wildman–Crippen MR) is 104 cm³/mol. The van der Waals surface area contributed by atoms with Crippen LogP contribution in [-0.4, -0.2) is 10.5 Å². The Bertz CT molecular complexity index is 1030. The molecule has 1 amide bonds. The molecule has 124 valence electrons. The monoisotopic (exact) mass is 346 g/mol. The van der Waals surface area contributed by atoms with Crippen LogP contribution >= 0.6 is 11.3 Å². The minimum absolute atomic E-state index is 0.0753. The molecule has 2 aromatic carbocycles. The molecule has 0 aliphatic rings. The Morgan fingerprint density at radius 2 is 1.80 bits per heavy atom. The number of amides is 1. The molecule has 1 N–H and O–H groups in total. The topological polar surface area (TPSA) is 34.0 Å². The second-order valence-corrected chi connectivity index (χ2v) is 6.99. The first-order chi connectivity index (χ1) is 12.2. The molecule has 0 atom stereocenters. The van der Waals surface area contributed by atoms with Gasteiger partial charge in [-0.25, -0.2) is 0 Å². The Hall–Kier alpha value is -2.85. The van der Waals surface area contributed by atoms with Gasteiger partial charge in [-0.2, -0.15) is 0 Å². The van der Waals surface area contributed by atoms with Gasteiger partial charge in [0, 0.05) is 12.2 Å². The van der Waals surface area contributed by atoms with Gasteiger partial charge in [-0.1, -0.05) is 48.5 Å². The highest BCUT2D eigenvalue weighted by atomic mass is 32.1. The van der Waals surface area contributed by atoms with Gasteiger partial charge in [0.05, 0.1) is 10.2 Å². The van der Waals surface area contributed by atoms with Crippen LogP contribution in [0.1, 0.15) is 21.6 Å². The van der Waals surface area contributed by atoms with Crippen molar-refractivity contribution < 1.29 is 4.79 Å². The molecular formula is C21H18N2OS. The van der Waals surface area contributed by atoms with Crippen LogP contribution in [-0.2, 0) is 6.54 Å². The van der Waals surface area contributed by atoms with Crippen molar-refractivity contribution in [3.05, 3.63) is 88.9 Å². The van der Waals surface area contributed by atoms with Gasteiger partial charge in [-0.05, 0) is 41.6 Å². The lowest BCUT2D eigenvalue weighted by Gasteiger charge is -2.12. The zero-order chi connectivity index (χ0) is 17.2. The van der Waals surface area contributed by atoms with E-state index in [4.69, 9.17) is 0 Å². The molecule has 0 bridgehead atoms. The largest absolute Gasteiger partial charge is 0.331 e. The van der Waals surface area contributed by atoms with Crippen molar-refractivity contribution in [3.8, 4) is 0 Å². The number of benzene rings is 2. The van der Waals surface area contributed by atoms with Crippen LogP contribution in [0.5, 0.6) is 0 Å². The molecule has 3 nitrogen and oxygen atoms in total. The summed E-state index contributed by atoms with van der Waals surface area (Å²) in [5.74, 6) is -0.0753. The molecular weight excluding hydrogens is 328 g/mol. The van der Waals surface area contributed by atoms with E-state index in [2.05, 4.69) is 33.5 Å². The summed E-state index contributed by atoms with van der Waals surface area (Å²) < 4.78 is 3.22. The molecule has 0 radical (unpaired) electrons. The fourth-order valence-corrected chi connectivity index (χ4v) is 3.82. The zero-order valence-electron chi connectivity index (χ0n) is 13.9. The Kier molecular flexibility index (Phi) is 4.12. The zero-order valence-corrected chi connectivity index (χ0v) is 14.7. The number of hydrogen-bond donors (Lipinski definition) is 1. The van der Waals surface area contributed by atoms with E-state index in [0.29, 0.717) is 12.2 Å². The van der Waals surface area contributed by atoms with Gasteiger partial charge < -0.3 is 9.88 Å². The average Bonchev–Trinajstić information content (AvgIpc) is 3.21. The Morgan fingerprint density at radius 3 is 2.60 bits per heavy atom. The Balaban J connectivity index is 1.71. The minimum Gasteiger partial charge on any atom is -0.331 e. The SMILES string of the molecule is Cc1ccccc1NC(=O)c1cc2sccc2n1Cc1ccccc1. The van der Waals surface area contributed by atoms with E-state index in [1.54, 1.807) is 11.3 Å². The highest BCUT2D eigenvalue weighted by molar-refractivity contribution is 7.17. The summed E-state index contributed by atoms with van der Waals surface area (Å²) in [7, 11) is 0. The number of hydrogen-bond acceptors (Lipinski definition) is 2. The van der Waals surface area contributed by atoms with Crippen LogP contribution in [0.2, 0.25) is 0 Å². The van der Waals surface area contributed by atoms with E-state index >= 15 is 0 Å². The van der Waals surface area contributed by atoms with Crippen molar-refractivity contribution in [2.24, 2.45) is 0 Å². The Labute approximate surface area is 150 Å². The first kappa shape index (κ1) is 15.7. The Morgan fingerprint density at radius 1 is 1.04 bits per heavy atom. The van der Waals surface area contributed by atoms with Crippen molar-refractivity contribution in [2.75, 3.05) is 5.32 Å². The summed E-state index contributed by atoms with van der Waals surface area (Å²) in [6.45, 7) is 2.68. The maximum absolute atomic E-state index is 12.9. The summed E-state index contributed by atoms with van der Waals surface area (Å²) in [6, 6.07) is 22.1. The molecule has 0 saturated heterocycles. The number of anilines is 1. The normalized spacial score (nSPS) is 10.9. The fraction of sp³-hybridized carbons (Fsp3) is 0.0952. The summed E-state index contributed by atoms with van der Waals surface area (Å²) in [5, 5.41) is 5.11. The highest BCUT2D eigenvalue weighted by Gasteiger charge is 2.17. The molecule has 0 fully saturated rings. The van der Waals surface area contributed by atoms with Crippen LogP contribution < -0.4 is 5.32 Å². The smallest absolute Gasteiger partial charge is 0.272 e. The summed E-state index contributed by atoms with van der Waals surface area (Å²) >= 11 is 1.66. The van der Waals surface area contributed by atoms with E-state index in [1.807, 2.05) is 55.5 Å². The van der Waals surface area contributed by atoms with E-state index < -0.39 is 0 Å². The van der Waals surface area contributed by atoms with E-state index in [0.717, 1.165) is 21.5 Å². The third-order valence-corrected chi connectivity index (χ3v) is 5.19. The van der Waals surface area contributed by atoms with Crippen molar-refractivity contribution in [1.29, 1.82) is 0 Å².